The standard InChI is InChI=1S/C18H18N2O5/c1-23-17(21)11-16(18(22)24-2)20-14-3-5-15(6-4-14)25-12-13-7-9-19-10-8-13/h3-11,20H,12H2,1-2H3/b16-11+. The first-order chi connectivity index (χ1) is 12.1. The summed E-state index contributed by atoms with van der Waals surface area (Å²) in [5.74, 6) is -0.674. The van der Waals surface area contributed by atoms with E-state index in [0.29, 0.717) is 18.0 Å². The molecule has 1 heterocycles. The van der Waals surface area contributed by atoms with E-state index in [1.165, 1.54) is 14.2 Å². The zero-order valence-electron chi connectivity index (χ0n) is 13.9. The van der Waals surface area contributed by atoms with Gasteiger partial charge in [0.25, 0.3) is 0 Å². The normalized spacial score (nSPS) is 10.7. The molecule has 2 aromatic rings. The van der Waals surface area contributed by atoms with Crippen LogP contribution in [-0.2, 0) is 25.7 Å². The Hall–Kier alpha value is -3.35. The van der Waals surface area contributed by atoms with Crippen LogP contribution in [0.25, 0.3) is 0 Å². The molecule has 0 unspecified atom stereocenters. The molecule has 7 nitrogen and oxygen atoms in total. The van der Waals surface area contributed by atoms with E-state index in [4.69, 9.17) is 4.74 Å². The fourth-order valence-corrected chi connectivity index (χ4v) is 1.87. The smallest absolute Gasteiger partial charge is 0.354 e. The number of nitrogens with zero attached hydrogens (tertiary/aromatic N) is 1. The van der Waals surface area contributed by atoms with Crippen LogP contribution in [-0.4, -0.2) is 31.1 Å². The van der Waals surface area contributed by atoms with E-state index in [1.54, 1.807) is 36.7 Å². The van der Waals surface area contributed by atoms with Crippen LogP contribution in [0.2, 0.25) is 0 Å². The number of rotatable bonds is 7. The lowest BCUT2D eigenvalue weighted by atomic mass is 10.2. The number of hydrogen-bond acceptors (Lipinski definition) is 7. The maximum absolute atomic E-state index is 11.7. The molecule has 0 aliphatic carbocycles. The number of carbonyl (C=O) groups excluding carboxylic acids is 2. The third-order valence-corrected chi connectivity index (χ3v) is 3.16. The summed E-state index contributed by atoms with van der Waals surface area (Å²) in [6.45, 7) is 0.422. The highest BCUT2D eigenvalue weighted by Crippen LogP contribution is 2.18. The minimum Gasteiger partial charge on any atom is -0.489 e. The lowest BCUT2D eigenvalue weighted by Crippen LogP contribution is -2.15. The monoisotopic (exact) mass is 342 g/mol. The molecule has 130 valence electrons. The van der Waals surface area contributed by atoms with Crippen molar-refractivity contribution in [3.63, 3.8) is 0 Å². The summed E-state index contributed by atoms with van der Waals surface area (Å²) in [7, 11) is 2.45. The van der Waals surface area contributed by atoms with Gasteiger partial charge in [0.1, 0.15) is 18.1 Å². The highest BCUT2D eigenvalue weighted by molar-refractivity contribution is 5.98. The summed E-state index contributed by atoms with van der Waals surface area (Å²) in [5, 5.41) is 2.82. The van der Waals surface area contributed by atoms with Gasteiger partial charge in [0.2, 0.25) is 0 Å². The summed E-state index contributed by atoms with van der Waals surface area (Å²) in [6, 6.07) is 10.7. The van der Waals surface area contributed by atoms with E-state index in [0.717, 1.165) is 11.6 Å². The van der Waals surface area contributed by atoms with Gasteiger partial charge in [-0.05, 0) is 42.0 Å². The maximum Gasteiger partial charge on any atom is 0.354 e. The first kappa shape index (κ1) is 18.0. The van der Waals surface area contributed by atoms with Crippen molar-refractivity contribution in [3.8, 4) is 5.75 Å². The first-order valence-corrected chi connectivity index (χ1v) is 7.39. The lowest BCUT2D eigenvalue weighted by Gasteiger charge is -2.10. The first-order valence-electron chi connectivity index (χ1n) is 7.39. The van der Waals surface area contributed by atoms with Crippen LogP contribution < -0.4 is 10.1 Å². The van der Waals surface area contributed by atoms with Crippen LogP contribution in [0.4, 0.5) is 5.69 Å². The summed E-state index contributed by atoms with van der Waals surface area (Å²) in [5.41, 5.74) is 1.57. The van der Waals surface area contributed by atoms with Gasteiger partial charge in [-0.15, -0.1) is 0 Å². The fraction of sp³-hybridized carbons (Fsp3) is 0.167. The number of carbonyl (C=O) groups is 2. The molecule has 7 heteroatoms. The second kappa shape index (κ2) is 9.07. The van der Waals surface area contributed by atoms with E-state index in [-0.39, 0.29) is 5.70 Å². The third kappa shape index (κ3) is 5.65. The molecule has 0 aliphatic rings. The number of pyridine rings is 1. The number of esters is 2. The van der Waals surface area contributed by atoms with E-state index in [2.05, 4.69) is 19.8 Å². The molecule has 0 saturated heterocycles. The Morgan fingerprint density at radius 1 is 1.04 bits per heavy atom. The van der Waals surface area contributed by atoms with Gasteiger partial charge in [0, 0.05) is 18.1 Å². The topological polar surface area (TPSA) is 86.8 Å². The lowest BCUT2D eigenvalue weighted by molar-refractivity contribution is -0.138. The summed E-state index contributed by atoms with van der Waals surface area (Å²) in [6.07, 6.45) is 4.43. The van der Waals surface area contributed by atoms with Crippen molar-refractivity contribution in [2.24, 2.45) is 0 Å². The van der Waals surface area contributed by atoms with Crippen molar-refractivity contribution in [1.29, 1.82) is 0 Å². The average molecular weight is 342 g/mol. The molecule has 0 spiro atoms. The van der Waals surface area contributed by atoms with E-state index < -0.39 is 11.9 Å². The number of anilines is 1. The summed E-state index contributed by atoms with van der Waals surface area (Å²) < 4.78 is 14.8. The Morgan fingerprint density at radius 3 is 2.32 bits per heavy atom. The largest absolute Gasteiger partial charge is 0.489 e. The van der Waals surface area contributed by atoms with Crippen LogP contribution in [0.5, 0.6) is 5.75 Å². The van der Waals surface area contributed by atoms with Crippen LogP contribution in [0, 0.1) is 0 Å². The second-order valence-electron chi connectivity index (χ2n) is 4.87. The minimum atomic E-state index is -0.677. The van der Waals surface area contributed by atoms with Crippen LogP contribution in [0.1, 0.15) is 5.56 Å². The van der Waals surface area contributed by atoms with Crippen molar-refractivity contribution in [3.05, 3.63) is 66.1 Å². The molecule has 0 radical (unpaired) electrons. The van der Waals surface area contributed by atoms with E-state index in [9.17, 15) is 9.59 Å². The van der Waals surface area contributed by atoms with Crippen LogP contribution in [0.15, 0.2) is 60.6 Å². The van der Waals surface area contributed by atoms with Crippen molar-refractivity contribution in [2.75, 3.05) is 19.5 Å². The highest BCUT2D eigenvalue weighted by atomic mass is 16.5. The van der Waals surface area contributed by atoms with Crippen molar-refractivity contribution in [2.45, 2.75) is 6.61 Å². The molecule has 0 amide bonds. The molecular formula is C18H18N2O5. The molecule has 0 fully saturated rings. The second-order valence-corrected chi connectivity index (χ2v) is 4.87. The quantitative estimate of drug-likeness (QED) is 0.610. The number of aromatic nitrogens is 1. The van der Waals surface area contributed by atoms with E-state index in [1.807, 2.05) is 12.1 Å². The Kier molecular flexibility index (Phi) is 6.53. The van der Waals surface area contributed by atoms with Gasteiger partial charge in [0.05, 0.1) is 20.3 Å². The molecule has 1 N–H and O–H groups in total. The van der Waals surface area contributed by atoms with E-state index >= 15 is 0 Å². The molecule has 1 aromatic heterocycles. The summed E-state index contributed by atoms with van der Waals surface area (Å²) >= 11 is 0. The number of nitrogens with one attached hydrogen (secondary N) is 1. The average Bonchev–Trinajstić information content (AvgIpc) is 2.66. The predicted octanol–water partition coefficient (Wildman–Crippen LogP) is 2.30. The highest BCUT2D eigenvalue weighted by Gasteiger charge is 2.12. The molecule has 0 saturated carbocycles. The summed E-state index contributed by atoms with van der Waals surface area (Å²) in [4.78, 5) is 27.0. The Labute approximate surface area is 145 Å². The number of ether oxygens (including phenoxy) is 3. The maximum atomic E-state index is 11.7. The predicted molar refractivity (Wildman–Crippen MR) is 90.7 cm³/mol. The molecule has 25 heavy (non-hydrogen) atoms. The van der Waals surface area contributed by atoms with Gasteiger partial charge < -0.3 is 19.5 Å². The number of methoxy groups -OCH3 is 2. The van der Waals surface area contributed by atoms with Crippen molar-refractivity contribution < 1.29 is 23.8 Å². The number of hydrogen-bond donors (Lipinski definition) is 1. The molecular weight excluding hydrogens is 324 g/mol. The van der Waals surface area contributed by atoms with Crippen LogP contribution in [0.3, 0.4) is 0 Å². The Morgan fingerprint density at radius 2 is 1.72 bits per heavy atom. The minimum absolute atomic E-state index is 0.0280. The molecule has 1 aromatic carbocycles. The SMILES string of the molecule is COC(=O)/C=C(/Nc1ccc(OCc2ccncc2)cc1)C(=O)OC. The molecule has 0 aliphatic heterocycles. The fourth-order valence-electron chi connectivity index (χ4n) is 1.87. The Bertz CT molecular complexity index is 742. The Balaban J connectivity index is 2.01. The van der Waals surface area contributed by atoms with Crippen molar-refractivity contribution in [1.82, 2.24) is 4.98 Å². The van der Waals surface area contributed by atoms with Gasteiger partial charge >= 0.3 is 11.9 Å². The van der Waals surface area contributed by atoms with Gasteiger partial charge in [-0.3, -0.25) is 4.98 Å². The molecule has 0 atom stereocenters. The van der Waals surface area contributed by atoms with Gasteiger partial charge in [-0.25, -0.2) is 9.59 Å². The van der Waals surface area contributed by atoms with Gasteiger partial charge in [0.15, 0.2) is 0 Å². The van der Waals surface area contributed by atoms with Crippen LogP contribution >= 0.6 is 0 Å². The van der Waals surface area contributed by atoms with Gasteiger partial charge in [-0.2, -0.15) is 0 Å². The number of benzene rings is 1. The third-order valence-electron chi connectivity index (χ3n) is 3.16. The zero-order chi connectivity index (χ0) is 18.1. The molecule has 0 bridgehead atoms. The zero-order valence-corrected chi connectivity index (χ0v) is 13.9. The van der Waals surface area contributed by atoms with Gasteiger partial charge in [-0.1, -0.05) is 0 Å². The molecule has 2 rings (SSSR count). The van der Waals surface area contributed by atoms with Crippen molar-refractivity contribution >= 4 is 17.6 Å².